The Bertz CT molecular complexity index is 132. The maximum atomic E-state index is 5.70. The van der Waals surface area contributed by atoms with Gasteiger partial charge in [0.2, 0.25) is 0 Å². The lowest BCUT2D eigenvalue weighted by atomic mass is 10.00. The lowest BCUT2D eigenvalue weighted by Gasteiger charge is -2.25. The Hall–Kier alpha value is 0.390. The van der Waals surface area contributed by atoms with Crippen molar-refractivity contribution >= 4 is 8.58 Å². The smallest absolute Gasteiger partial charge is 0.00104 e. The molecule has 0 heterocycles. The van der Waals surface area contributed by atoms with Crippen molar-refractivity contribution in [2.45, 2.75) is 70.0 Å². The second kappa shape index (κ2) is 7.65. The van der Waals surface area contributed by atoms with Gasteiger partial charge in [-0.15, -0.1) is 8.58 Å². The molecule has 0 aromatic carbocycles. The first kappa shape index (κ1) is 12.5. The number of hydrogen-bond donors (Lipinski definition) is 1. The summed E-state index contributed by atoms with van der Waals surface area (Å²) in [6.45, 7) is 2.11. The van der Waals surface area contributed by atoms with Crippen LogP contribution in [0.5, 0.6) is 0 Å². The fourth-order valence-electron chi connectivity index (χ4n) is 1.86. The van der Waals surface area contributed by atoms with Crippen LogP contribution in [0.3, 0.4) is 0 Å². The largest absolute Gasteiger partial charge is 0.328 e. The molecule has 1 saturated carbocycles. The summed E-state index contributed by atoms with van der Waals surface area (Å²) in [5.74, 6) is 0. The molecule has 0 spiro atoms. The molecule has 1 fully saturated rings. The summed E-state index contributed by atoms with van der Waals surface area (Å²) in [5.41, 5.74) is 6.84. The Morgan fingerprint density at radius 3 is 2.50 bits per heavy atom. The van der Waals surface area contributed by atoms with Gasteiger partial charge in [-0.05, 0) is 44.4 Å². The SMILES string of the molecule is CC(N)CCCCCCPC1CCC1. The molecule has 0 aromatic heterocycles. The predicted molar refractivity (Wildman–Crippen MR) is 67.6 cm³/mol. The highest BCUT2D eigenvalue weighted by Crippen LogP contribution is 2.36. The zero-order valence-corrected chi connectivity index (χ0v) is 10.6. The molecule has 1 aliphatic rings. The molecule has 1 rings (SSSR count). The molecule has 0 amide bonds. The first-order chi connectivity index (χ1) is 6.79. The van der Waals surface area contributed by atoms with Gasteiger partial charge < -0.3 is 5.73 Å². The molecule has 0 saturated heterocycles. The first-order valence-electron chi connectivity index (χ1n) is 6.28. The number of hydrogen-bond acceptors (Lipinski definition) is 1. The fourth-order valence-corrected chi connectivity index (χ4v) is 3.54. The van der Waals surface area contributed by atoms with E-state index < -0.39 is 0 Å². The maximum absolute atomic E-state index is 5.70. The maximum Gasteiger partial charge on any atom is 0.00104 e. The monoisotopic (exact) mass is 215 g/mol. The molecule has 1 aliphatic carbocycles. The van der Waals surface area contributed by atoms with Crippen LogP contribution in [0.4, 0.5) is 0 Å². The van der Waals surface area contributed by atoms with E-state index in [1.807, 2.05) is 0 Å². The molecule has 14 heavy (non-hydrogen) atoms. The summed E-state index contributed by atoms with van der Waals surface area (Å²) in [6.07, 6.45) is 12.9. The minimum atomic E-state index is 0.409. The average Bonchev–Trinajstić information content (AvgIpc) is 2.06. The van der Waals surface area contributed by atoms with Crippen molar-refractivity contribution in [3.05, 3.63) is 0 Å². The highest BCUT2D eigenvalue weighted by atomic mass is 31.1. The fraction of sp³-hybridized carbons (Fsp3) is 1.00. The van der Waals surface area contributed by atoms with Crippen LogP contribution < -0.4 is 5.73 Å². The van der Waals surface area contributed by atoms with Crippen molar-refractivity contribution in [3.63, 3.8) is 0 Å². The van der Waals surface area contributed by atoms with Gasteiger partial charge in [0.1, 0.15) is 0 Å². The molecule has 1 nitrogen and oxygen atoms in total. The van der Waals surface area contributed by atoms with Crippen molar-refractivity contribution in [2.24, 2.45) is 5.73 Å². The summed E-state index contributed by atoms with van der Waals surface area (Å²) in [6, 6.07) is 0.409. The van der Waals surface area contributed by atoms with E-state index in [4.69, 9.17) is 5.73 Å². The van der Waals surface area contributed by atoms with E-state index >= 15 is 0 Å². The van der Waals surface area contributed by atoms with Gasteiger partial charge in [-0.25, -0.2) is 0 Å². The third-order valence-corrected chi connectivity index (χ3v) is 4.92. The van der Waals surface area contributed by atoms with Gasteiger partial charge in [0, 0.05) is 6.04 Å². The zero-order valence-electron chi connectivity index (χ0n) is 9.60. The molecule has 0 bridgehead atoms. The van der Waals surface area contributed by atoms with Crippen LogP contribution in [-0.4, -0.2) is 17.9 Å². The van der Waals surface area contributed by atoms with Crippen molar-refractivity contribution in [3.8, 4) is 0 Å². The Labute approximate surface area is 91.0 Å². The summed E-state index contributed by atoms with van der Waals surface area (Å²) >= 11 is 0. The van der Waals surface area contributed by atoms with Gasteiger partial charge in [-0.1, -0.05) is 25.7 Å². The molecule has 2 unspecified atom stereocenters. The van der Waals surface area contributed by atoms with E-state index in [0.29, 0.717) is 6.04 Å². The number of nitrogens with two attached hydrogens (primary N) is 1. The Balaban J connectivity index is 1.71. The van der Waals surface area contributed by atoms with Gasteiger partial charge in [0.15, 0.2) is 0 Å². The summed E-state index contributed by atoms with van der Waals surface area (Å²) in [4.78, 5) is 0. The molecule has 2 N–H and O–H groups in total. The van der Waals surface area contributed by atoms with Crippen LogP contribution >= 0.6 is 8.58 Å². The van der Waals surface area contributed by atoms with E-state index in [1.54, 1.807) is 0 Å². The van der Waals surface area contributed by atoms with Crippen LogP contribution in [-0.2, 0) is 0 Å². The van der Waals surface area contributed by atoms with Gasteiger partial charge in [-0.2, -0.15) is 0 Å². The standard InChI is InChI=1S/C12H26NP/c1-11(13)7-4-2-3-5-10-14-12-8-6-9-12/h11-12,14H,2-10,13H2,1H3. The van der Waals surface area contributed by atoms with Crippen molar-refractivity contribution < 1.29 is 0 Å². The molecule has 0 radical (unpaired) electrons. The Morgan fingerprint density at radius 2 is 1.93 bits per heavy atom. The molecular weight excluding hydrogens is 189 g/mol. The summed E-state index contributed by atoms with van der Waals surface area (Å²) in [7, 11) is 1.28. The Kier molecular flexibility index (Phi) is 6.81. The van der Waals surface area contributed by atoms with Gasteiger partial charge in [0.25, 0.3) is 0 Å². The lowest BCUT2D eigenvalue weighted by Crippen LogP contribution is -2.13. The summed E-state index contributed by atoms with van der Waals surface area (Å²) < 4.78 is 0. The van der Waals surface area contributed by atoms with Crippen molar-refractivity contribution in [1.29, 1.82) is 0 Å². The van der Waals surface area contributed by atoms with Crippen LogP contribution in [0, 0.1) is 0 Å². The topological polar surface area (TPSA) is 26.0 Å². The minimum absolute atomic E-state index is 0.409. The average molecular weight is 215 g/mol. The van der Waals surface area contributed by atoms with Crippen LogP contribution in [0.2, 0.25) is 0 Å². The summed E-state index contributed by atoms with van der Waals surface area (Å²) in [5, 5.41) is 0. The minimum Gasteiger partial charge on any atom is -0.328 e. The second-order valence-corrected chi connectivity index (χ2v) is 6.49. The quantitative estimate of drug-likeness (QED) is 0.486. The third kappa shape index (κ3) is 5.98. The Morgan fingerprint density at radius 1 is 1.21 bits per heavy atom. The van der Waals surface area contributed by atoms with Crippen molar-refractivity contribution in [2.75, 3.05) is 6.16 Å². The van der Waals surface area contributed by atoms with Crippen LogP contribution in [0.15, 0.2) is 0 Å². The first-order valence-corrected chi connectivity index (χ1v) is 7.56. The second-order valence-electron chi connectivity index (χ2n) is 4.76. The van der Waals surface area contributed by atoms with E-state index in [2.05, 4.69) is 6.92 Å². The highest BCUT2D eigenvalue weighted by molar-refractivity contribution is 7.38. The van der Waals surface area contributed by atoms with E-state index in [-0.39, 0.29) is 0 Å². The number of rotatable bonds is 8. The van der Waals surface area contributed by atoms with Gasteiger partial charge >= 0.3 is 0 Å². The normalized spacial score (nSPS) is 20.1. The third-order valence-electron chi connectivity index (χ3n) is 3.12. The highest BCUT2D eigenvalue weighted by Gasteiger charge is 2.15. The van der Waals surface area contributed by atoms with E-state index in [1.165, 1.54) is 66.1 Å². The van der Waals surface area contributed by atoms with Crippen LogP contribution in [0.25, 0.3) is 0 Å². The molecule has 2 atom stereocenters. The molecular formula is C12H26NP. The zero-order chi connectivity index (χ0) is 10.2. The van der Waals surface area contributed by atoms with Crippen LogP contribution in [0.1, 0.15) is 58.3 Å². The van der Waals surface area contributed by atoms with Gasteiger partial charge in [0.05, 0.1) is 0 Å². The molecule has 0 aliphatic heterocycles. The number of unbranched alkanes of at least 4 members (excludes halogenated alkanes) is 3. The van der Waals surface area contributed by atoms with E-state index in [9.17, 15) is 0 Å². The van der Waals surface area contributed by atoms with Gasteiger partial charge in [-0.3, -0.25) is 0 Å². The molecule has 84 valence electrons. The lowest BCUT2D eigenvalue weighted by molar-refractivity contribution is 0.516. The van der Waals surface area contributed by atoms with E-state index in [0.717, 1.165) is 5.66 Å². The van der Waals surface area contributed by atoms with Crippen molar-refractivity contribution in [1.82, 2.24) is 0 Å². The molecule has 2 heteroatoms. The predicted octanol–water partition coefficient (Wildman–Crippen LogP) is 3.52. The molecule has 0 aromatic rings.